The number of benzene rings is 5. The number of carbonyl (C=O) groups is 2. The van der Waals surface area contributed by atoms with E-state index in [-0.39, 0.29) is 22.5 Å². The van der Waals surface area contributed by atoms with Crippen molar-refractivity contribution in [1.82, 2.24) is 34.3 Å². The molecule has 4 aromatic heterocycles. The molecule has 5 N–H and O–H groups in total. The summed E-state index contributed by atoms with van der Waals surface area (Å²) in [6.07, 6.45) is 5.14. The molecule has 19 heteroatoms. The van der Waals surface area contributed by atoms with Gasteiger partial charge in [0, 0.05) is 58.9 Å². The van der Waals surface area contributed by atoms with Crippen LogP contribution in [0, 0.1) is 11.6 Å². The Balaban J connectivity index is 0.000000174. The Labute approximate surface area is 447 Å². The van der Waals surface area contributed by atoms with E-state index in [1.807, 2.05) is 82.5 Å². The zero-order chi connectivity index (χ0) is 55.5. The number of hydrogen-bond donors (Lipinski definition) is 4. The second-order valence-electron chi connectivity index (χ2n) is 19.6. The molecule has 9 aromatic rings. The van der Waals surface area contributed by atoms with Gasteiger partial charge in [-0.15, -0.1) is 0 Å². The minimum absolute atomic E-state index is 0.156. The highest BCUT2D eigenvalue weighted by molar-refractivity contribution is 5.99. The molecule has 0 unspecified atom stereocenters. The number of nitrogens with two attached hydrogens (primary N) is 1. The minimum atomic E-state index is -0.597. The molecule has 0 bridgehead atoms. The predicted octanol–water partition coefficient (Wildman–Crippen LogP) is 13.6. The Morgan fingerprint density at radius 2 is 1.09 bits per heavy atom. The number of nitrogens with one attached hydrogen (secondary N) is 3. The molecule has 1 aliphatic rings. The van der Waals surface area contributed by atoms with Gasteiger partial charge in [0.1, 0.15) is 41.0 Å². The second kappa shape index (κ2) is 27.4. The lowest BCUT2D eigenvalue weighted by Crippen LogP contribution is -2.21. The number of para-hydroxylation sites is 3. The number of nitrogens with zero attached hydrogens (tertiary/aromatic N) is 7. The number of carbonyl (C=O) groups excluding carboxylic acids is 2. The van der Waals surface area contributed by atoms with Crippen molar-refractivity contribution in [3.05, 3.63) is 163 Å². The number of aromatic nitrogens is 6. The monoisotopic (exact) mass is 1050 g/mol. The molecule has 0 atom stereocenters. The molecule has 1 saturated heterocycles. The highest BCUT2D eigenvalue weighted by Crippen LogP contribution is 2.27. The molecule has 0 saturated carbocycles. The number of fused-ring (bicyclic) bond motifs is 2. The molecular weight excluding hydrogens is 985 g/mol. The minimum Gasteiger partial charge on any atom is -0.410 e. The van der Waals surface area contributed by atoms with Gasteiger partial charge in [0.15, 0.2) is 23.3 Å². The summed E-state index contributed by atoms with van der Waals surface area (Å²) in [5, 5.41) is 15.5. The van der Waals surface area contributed by atoms with E-state index in [2.05, 4.69) is 61.9 Å². The van der Waals surface area contributed by atoms with Crippen molar-refractivity contribution in [2.45, 2.75) is 86.0 Å². The molecule has 5 aromatic carbocycles. The van der Waals surface area contributed by atoms with Gasteiger partial charge < -0.3 is 34.5 Å². The normalized spacial score (nSPS) is 12.0. The Kier molecular flexibility index (Phi) is 20.6. The fourth-order valence-corrected chi connectivity index (χ4v) is 7.32. The van der Waals surface area contributed by atoms with Gasteiger partial charge >= 0.3 is 12.1 Å². The molecule has 1 fully saturated rings. The first-order valence-corrected chi connectivity index (χ1v) is 25.4. The summed E-state index contributed by atoms with van der Waals surface area (Å²) in [6.45, 7) is 24.1. The maximum Gasteiger partial charge on any atom is 0.418 e. The fraction of sp³-hybridized carbons (Fsp3) is 0.310. The van der Waals surface area contributed by atoms with E-state index in [1.54, 1.807) is 96.1 Å². The Morgan fingerprint density at radius 1 is 0.623 bits per heavy atom. The van der Waals surface area contributed by atoms with Crippen LogP contribution in [-0.4, -0.2) is 79.3 Å². The summed E-state index contributed by atoms with van der Waals surface area (Å²) in [7, 11) is 0. The van der Waals surface area contributed by atoms with Crippen LogP contribution >= 0.6 is 0 Å². The highest BCUT2D eigenvalue weighted by Gasteiger charge is 2.22. The van der Waals surface area contributed by atoms with Crippen LogP contribution in [0.25, 0.3) is 33.4 Å². The Hall–Kier alpha value is -8.42. The third kappa shape index (κ3) is 17.0. The topological polar surface area (TPSA) is 206 Å². The van der Waals surface area contributed by atoms with Gasteiger partial charge in [-0.3, -0.25) is 19.8 Å². The number of nitrogen functional groups attached to an aromatic ring is 1. The van der Waals surface area contributed by atoms with E-state index in [0.29, 0.717) is 56.8 Å². The molecule has 3 amide bonds. The Bertz CT molecular complexity index is 3230. The predicted molar refractivity (Wildman–Crippen MR) is 299 cm³/mol. The lowest BCUT2D eigenvalue weighted by molar-refractivity contribution is 0.198. The number of urea groups is 1. The molecule has 17 nitrogen and oxygen atoms in total. The smallest absolute Gasteiger partial charge is 0.410 e. The van der Waals surface area contributed by atoms with Gasteiger partial charge in [-0.05, 0) is 117 Å². The van der Waals surface area contributed by atoms with Crippen LogP contribution in [0.15, 0.2) is 149 Å². The fourth-order valence-electron chi connectivity index (χ4n) is 7.32. The largest absolute Gasteiger partial charge is 0.418 e. The molecule has 0 spiro atoms. The highest BCUT2D eigenvalue weighted by atomic mass is 19.1. The number of rotatable bonds is 9. The van der Waals surface area contributed by atoms with Crippen molar-refractivity contribution < 1.29 is 36.9 Å². The van der Waals surface area contributed by atoms with Crippen molar-refractivity contribution >= 4 is 57.2 Å². The summed E-state index contributed by atoms with van der Waals surface area (Å²) in [6, 6.07) is 36.0. The summed E-state index contributed by atoms with van der Waals surface area (Å²) in [5.74, 6) is 1.86. The number of ether oxygens (including phenoxy) is 2. The first-order valence-electron chi connectivity index (χ1n) is 25.4. The van der Waals surface area contributed by atoms with Crippen LogP contribution in [0.5, 0.6) is 5.75 Å². The summed E-state index contributed by atoms with van der Waals surface area (Å²) < 4.78 is 51.4. The molecule has 5 heterocycles. The lowest BCUT2D eigenvalue weighted by Gasteiger charge is -2.13. The first kappa shape index (κ1) is 57.9. The SMILES string of the molecule is C1CCOC1.CC(C)(C)c1cc(NC(=O)Nc2ccc(-n3cnc4c(F)cccc43)cc2)no1.CC(C)(C)c1cc(NC(=O)Oc2ccccc2)no1.CCN(CC)CC.Nc1ccc(-n2cnc3c(F)cccc32)cc1. The van der Waals surface area contributed by atoms with Crippen molar-refractivity contribution in [3.8, 4) is 17.1 Å². The lowest BCUT2D eigenvalue weighted by atomic mass is 9.93. The average molecular weight is 1050 g/mol. The molecule has 0 aliphatic carbocycles. The van der Waals surface area contributed by atoms with Crippen molar-refractivity contribution in [3.63, 3.8) is 0 Å². The standard InChI is InChI=1S/C21H20FN5O2.C14H16N2O3.C13H10FN3.C6H15N.C4H8O/c1-21(2,3)17-11-18(26-29-17)25-20(28)24-13-7-9-14(10-8-13)27-12-23-19-15(22)5-4-6-16(19)27;1-14(2,3)11-9-12(16-19-11)15-13(17)18-10-7-5-4-6-8-10;14-11-2-1-3-12-13(11)16-8-17(12)10-6-4-9(15)5-7-10;1-4-7(5-2)6-3;1-2-4-5-3-1/h4-12H,1-3H3,(H2,24,25,26,28);4-9H,1-3H3,(H,15,16,17);1-8H,15H2;4-6H2,1-3H3;1-4H2. The number of imidazole rings is 2. The van der Waals surface area contributed by atoms with Crippen molar-refractivity contribution in [1.29, 1.82) is 0 Å². The van der Waals surface area contributed by atoms with E-state index in [9.17, 15) is 18.4 Å². The van der Waals surface area contributed by atoms with Gasteiger partial charge in [-0.1, -0.05) is 103 Å². The van der Waals surface area contributed by atoms with Crippen LogP contribution in [0.1, 0.15) is 86.7 Å². The van der Waals surface area contributed by atoms with Crippen molar-refractivity contribution in [2.75, 3.05) is 54.5 Å². The molecule has 406 valence electrons. The maximum atomic E-state index is 13.8. The van der Waals surface area contributed by atoms with E-state index in [1.165, 1.54) is 44.6 Å². The van der Waals surface area contributed by atoms with Gasteiger partial charge in [-0.2, -0.15) is 0 Å². The third-order valence-electron chi connectivity index (χ3n) is 11.7. The molecule has 77 heavy (non-hydrogen) atoms. The molecule has 1 aliphatic heterocycles. The molecule has 10 rings (SSSR count). The quantitative estimate of drug-likeness (QED) is 0.0997. The van der Waals surface area contributed by atoms with Crippen LogP contribution in [0.3, 0.4) is 0 Å². The maximum absolute atomic E-state index is 13.8. The van der Waals surface area contributed by atoms with E-state index < -0.39 is 12.1 Å². The van der Waals surface area contributed by atoms with Gasteiger partial charge in [-0.25, -0.2) is 28.3 Å². The summed E-state index contributed by atoms with van der Waals surface area (Å²) >= 11 is 0. The van der Waals surface area contributed by atoms with E-state index >= 15 is 0 Å². The third-order valence-corrected chi connectivity index (χ3v) is 11.7. The Morgan fingerprint density at radius 3 is 1.51 bits per heavy atom. The molecule has 0 radical (unpaired) electrons. The number of halogens is 2. The number of anilines is 4. The summed E-state index contributed by atoms with van der Waals surface area (Å²) in [5.41, 5.74) is 10.4. The number of amides is 3. The van der Waals surface area contributed by atoms with Gasteiger partial charge in [0.2, 0.25) is 0 Å². The van der Waals surface area contributed by atoms with Crippen LogP contribution in [0.4, 0.5) is 41.4 Å². The van der Waals surface area contributed by atoms with E-state index in [4.69, 9.17) is 24.3 Å². The zero-order valence-electron chi connectivity index (χ0n) is 45.1. The average Bonchev–Trinajstić information content (AvgIpc) is 4.29. The van der Waals surface area contributed by atoms with E-state index in [0.717, 1.165) is 30.1 Å². The van der Waals surface area contributed by atoms with Crippen LogP contribution in [-0.2, 0) is 15.6 Å². The zero-order valence-corrected chi connectivity index (χ0v) is 45.1. The number of hydrogen-bond acceptors (Lipinski definition) is 12. The first-order chi connectivity index (χ1) is 36.9. The second-order valence-corrected chi connectivity index (χ2v) is 19.6. The van der Waals surface area contributed by atoms with Gasteiger partial charge in [0.25, 0.3) is 0 Å². The van der Waals surface area contributed by atoms with Crippen LogP contribution < -0.4 is 26.4 Å². The molecular formula is C58H69F2N11O6. The van der Waals surface area contributed by atoms with Gasteiger partial charge in [0.05, 0.1) is 11.0 Å². The van der Waals surface area contributed by atoms with Crippen LogP contribution in [0.2, 0.25) is 0 Å². The van der Waals surface area contributed by atoms with Crippen molar-refractivity contribution in [2.24, 2.45) is 0 Å². The summed E-state index contributed by atoms with van der Waals surface area (Å²) in [4.78, 5) is 34.4.